The number of nitrogens with one attached hydrogen (secondary N) is 1. The predicted molar refractivity (Wildman–Crippen MR) is 105 cm³/mol. The number of alkyl halides is 2. The van der Waals surface area contributed by atoms with Crippen molar-refractivity contribution in [3.8, 4) is 6.07 Å². The van der Waals surface area contributed by atoms with Crippen molar-refractivity contribution in [3.05, 3.63) is 35.6 Å². The number of hydrogen-bond acceptors (Lipinski definition) is 5. The van der Waals surface area contributed by atoms with Gasteiger partial charge in [-0.3, -0.25) is 10.1 Å². The Bertz CT molecular complexity index is 928. The molecule has 164 valence electrons. The van der Waals surface area contributed by atoms with Crippen LogP contribution in [0.15, 0.2) is 24.3 Å². The molecule has 0 bridgehead atoms. The van der Waals surface area contributed by atoms with E-state index < -0.39 is 50.6 Å². The number of ketones is 1. The van der Waals surface area contributed by atoms with Crippen LogP contribution < -0.4 is 5.32 Å². The quantitative estimate of drug-likeness (QED) is 0.566. The molecule has 2 saturated carbocycles. The van der Waals surface area contributed by atoms with E-state index in [0.29, 0.717) is 19.8 Å². The summed E-state index contributed by atoms with van der Waals surface area (Å²) in [6, 6.07) is 3.45. The molecule has 0 radical (unpaired) electrons. The van der Waals surface area contributed by atoms with Crippen molar-refractivity contribution in [3.63, 3.8) is 0 Å². The smallest absolute Gasteiger partial charge is 0.264 e. The van der Waals surface area contributed by atoms with Gasteiger partial charge in [0.15, 0.2) is 15.6 Å². The highest BCUT2D eigenvalue weighted by Gasteiger charge is 2.47. The lowest BCUT2D eigenvalue weighted by atomic mass is 9.95. The Morgan fingerprint density at radius 1 is 1.30 bits per heavy atom. The number of carbonyl (C=O) groups is 1. The molecule has 2 atom stereocenters. The van der Waals surface area contributed by atoms with Crippen LogP contribution in [0.2, 0.25) is 0 Å². The molecule has 3 rings (SSSR count). The molecule has 1 aromatic rings. The number of nitriles is 1. The molecule has 0 heterocycles. The van der Waals surface area contributed by atoms with Crippen molar-refractivity contribution >= 4 is 15.6 Å². The number of carbonyl (C=O) groups excluding carboxylic acids is 1. The molecule has 0 saturated heterocycles. The lowest BCUT2D eigenvalue weighted by molar-refractivity contribution is -0.122. The third-order valence-electron chi connectivity index (χ3n) is 5.68. The van der Waals surface area contributed by atoms with Gasteiger partial charge in [0, 0.05) is 13.3 Å². The standard InChI is InChI=1S/C21H25F3N2O3S/c1-20(23,24)19(15-4-6-16(22)7-5-15)26-17(12-30(28,29)11-14-2-3-14)18(27)10-21(13-25)8-9-21/h4-7,14,17,19,26H,2-3,8-12H2,1H3/t17-,19-/m0/s1. The number of halogens is 3. The minimum Gasteiger partial charge on any atom is -0.298 e. The summed E-state index contributed by atoms with van der Waals surface area (Å²) < 4.78 is 67.2. The second-order valence-electron chi connectivity index (χ2n) is 8.72. The minimum absolute atomic E-state index is 0.0442. The van der Waals surface area contributed by atoms with Crippen LogP contribution in [-0.4, -0.2) is 37.7 Å². The first-order valence-electron chi connectivity index (χ1n) is 9.97. The Morgan fingerprint density at radius 3 is 2.37 bits per heavy atom. The zero-order chi connectivity index (χ0) is 22.2. The molecule has 5 nitrogen and oxygen atoms in total. The van der Waals surface area contributed by atoms with Crippen molar-refractivity contribution in [1.29, 1.82) is 5.26 Å². The van der Waals surface area contributed by atoms with Crippen molar-refractivity contribution in [2.24, 2.45) is 11.3 Å². The molecule has 1 aromatic carbocycles. The monoisotopic (exact) mass is 442 g/mol. The van der Waals surface area contributed by atoms with Gasteiger partial charge in [-0.25, -0.2) is 21.6 Å². The number of hydrogen-bond donors (Lipinski definition) is 1. The second-order valence-corrected chi connectivity index (χ2v) is 10.9. The summed E-state index contributed by atoms with van der Waals surface area (Å²) >= 11 is 0. The summed E-state index contributed by atoms with van der Waals surface area (Å²) in [6.07, 6.45) is 2.48. The van der Waals surface area contributed by atoms with Crippen LogP contribution in [0.5, 0.6) is 0 Å². The van der Waals surface area contributed by atoms with Crippen molar-refractivity contribution in [2.75, 3.05) is 11.5 Å². The number of Topliss-reactive ketones (excluding diaryl/α,β-unsaturated/α-hetero) is 1. The zero-order valence-electron chi connectivity index (χ0n) is 16.7. The molecule has 2 aliphatic rings. The summed E-state index contributed by atoms with van der Waals surface area (Å²) in [5, 5.41) is 11.8. The fourth-order valence-electron chi connectivity index (χ4n) is 3.53. The maximum absolute atomic E-state index is 14.4. The summed E-state index contributed by atoms with van der Waals surface area (Å²) in [7, 11) is -3.66. The molecule has 0 aliphatic heterocycles. The van der Waals surface area contributed by atoms with Crippen molar-refractivity contribution in [2.45, 2.75) is 57.0 Å². The van der Waals surface area contributed by atoms with E-state index >= 15 is 0 Å². The van der Waals surface area contributed by atoms with E-state index in [0.717, 1.165) is 25.0 Å². The number of benzene rings is 1. The van der Waals surface area contributed by atoms with Gasteiger partial charge in [0.25, 0.3) is 5.92 Å². The molecule has 1 N–H and O–H groups in total. The number of rotatable bonds is 11. The average Bonchev–Trinajstić information content (AvgIpc) is 3.56. The summed E-state index contributed by atoms with van der Waals surface area (Å²) in [5.74, 6) is -5.13. The van der Waals surface area contributed by atoms with Crippen molar-refractivity contribution in [1.82, 2.24) is 5.32 Å². The maximum Gasteiger partial charge on any atom is 0.264 e. The molecule has 0 aromatic heterocycles. The first kappa shape index (κ1) is 22.8. The summed E-state index contributed by atoms with van der Waals surface area (Å²) in [5.41, 5.74) is -0.778. The van der Waals surface area contributed by atoms with Crippen LogP contribution in [0.25, 0.3) is 0 Å². The molecular formula is C21H25F3N2O3S. The molecule has 0 unspecified atom stereocenters. The predicted octanol–water partition coefficient (Wildman–Crippen LogP) is 3.57. The Hall–Kier alpha value is -1.92. The molecule has 0 amide bonds. The summed E-state index contributed by atoms with van der Waals surface area (Å²) in [6.45, 7) is 0.659. The van der Waals surface area contributed by atoms with Crippen LogP contribution in [0.4, 0.5) is 13.2 Å². The SMILES string of the molecule is CC(F)(F)[C@@H](N[C@@H](CS(=O)(=O)CC1CC1)C(=O)CC1(C#N)CC1)c1ccc(F)cc1. The first-order valence-corrected chi connectivity index (χ1v) is 11.8. The minimum atomic E-state index is -3.66. The lowest BCUT2D eigenvalue weighted by Gasteiger charge is -2.30. The van der Waals surface area contributed by atoms with E-state index in [1.807, 2.05) is 0 Å². The second kappa shape index (κ2) is 8.31. The van der Waals surface area contributed by atoms with Gasteiger partial charge >= 0.3 is 0 Å². The first-order chi connectivity index (χ1) is 13.9. The van der Waals surface area contributed by atoms with Gasteiger partial charge in [0.2, 0.25) is 0 Å². The Balaban J connectivity index is 1.85. The average molecular weight is 443 g/mol. The van der Waals surface area contributed by atoms with Gasteiger partial charge < -0.3 is 0 Å². The Morgan fingerprint density at radius 2 is 1.90 bits per heavy atom. The highest BCUT2D eigenvalue weighted by atomic mass is 32.2. The Labute approximate surface area is 174 Å². The fraction of sp³-hybridized carbons (Fsp3) is 0.619. The molecular weight excluding hydrogens is 417 g/mol. The van der Waals surface area contributed by atoms with Gasteiger partial charge in [-0.2, -0.15) is 5.26 Å². The Kier molecular flexibility index (Phi) is 6.30. The van der Waals surface area contributed by atoms with Gasteiger partial charge in [-0.1, -0.05) is 12.1 Å². The number of nitrogens with zero attached hydrogens (tertiary/aromatic N) is 1. The fourth-order valence-corrected chi connectivity index (χ4v) is 5.50. The van der Waals surface area contributed by atoms with E-state index in [2.05, 4.69) is 11.4 Å². The van der Waals surface area contributed by atoms with Crippen LogP contribution in [-0.2, 0) is 14.6 Å². The van der Waals surface area contributed by atoms with Crippen LogP contribution in [0.3, 0.4) is 0 Å². The lowest BCUT2D eigenvalue weighted by Crippen LogP contribution is -2.49. The topological polar surface area (TPSA) is 87.0 Å². The third-order valence-corrected chi connectivity index (χ3v) is 7.50. The van der Waals surface area contributed by atoms with Crippen molar-refractivity contribution < 1.29 is 26.4 Å². The number of sulfone groups is 1. The highest BCUT2D eigenvalue weighted by Crippen LogP contribution is 2.48. The molecule has 9 heteroatoms. The highest BCUT2D eigenvalue weighted by molar-refractivity contribution is 7.91. The van der Waals surface area contributed by atoms with Crippen LogP contribution in [0, 0.1) is 28.5 Å². The van der Waals surface area contributed by atoms with Crippen LogP contribution in [0.1, 0.15) is 50.6 Å². The third kappa shape index (κ3) is 6.05. The van der Waals surface area contributed by atoms with Crippen LogP contribution >= 0.6 is 0 Å². The van der Waals surface area contributed by atoms with Gasteiger partial charge in [0.1, 0.15) is 5.82 Å². The normalized spacial score (nSPS) is 20.2. The largest absolute Gasteiger partial charge is 0.298 e. The van der Waals surface area contributed by atoms with Gasteiger partial charge in [0.05, 0.1) is 35.1 Å². The maximum atomic E-state index is 14.4. The van der Waals surface area contributed by atoms with E-state index in [1.54, 1.807) is 0 Å². The molecule has 0 spiro atoms. The zero-order valence-corrected chi connectivity index (χ0v) is 17.5. The van der Waals surface area contributed by atoms with Gasteiger partial charge in [-0.15, -0.1) is 0 Å². The van der Waals surface area contributed by atoms with E-state index in [-0.39, 0.29) is 23.7 Å². The van der Waals surface area contributed by atoms with E-state index in [4.69, 9.17) is 0 Å². The molecule has 2 fully saturated rings. The molecule has 30 heavy (non-hydrogen) atoms. The molecule has 2 aliphatic carbocycles. The van der Waals surface area contributed by atoms with E-state index in [9.17, 15) is 31.6 Å². The van der Waals surface area contributed by atoms with Gasteiger partial charge in [-0.05, 0) is 49.3 Å². The summed E-state index contributed by atoms with van der Waals surface area (Å²) in [4.78, 5) is 12.9. The van der Waals surface area contributed by atoms with E-state index in [1.165, 1.54) is 12.1 Å².